The van der Waals surface area contributed by atoms with Crippen LogP contribution in [0, 0.1) is 0 Å². The molecule has 0 saturated heterocycles. The molecule has 5 heteroatoms. The Morgan fingerprint density at radius 2 is 2.12 bits per heavy atom. The Hall–Kier alpha value is -1.81. The minimum absolute atomic E-state index is 0.0367. The van der Waals surface area contributed by atoms with Crippen LogP contribution < -0.4 is 5.32 Å². The van der Waals surface area contributed by atoms with E-state index in [0.29, 0.717) is 0 Å². The maximum atomic E-state index is 11.3. The van der Waals surface area contributed by atoms with E-state index >= 15 is 0 Å². The molecule has 0 fully saturated rings. The Bertz CT molecular complexity index is 455. The number of amides is 1. The average Bonchev–Trinajstić information content (AvgIpc) is 2.21. The second-order valence-corrected chi connectivity index (χ2v) is 3.36. The molecule has 0 saturated carbocycles. The SMILES string of the molecule is C/C=C/C(=O)Nc1c(Cl)cccc1C(=O)O. The summed E-state index contributed by atoms with van der Waals surface area (Å²) >= 11 is 5.82. The van der Waals surface area contributed by atoms with E-state index in [1.54, 1.807) is 13.0 Å². The molecule has 0 aliphatic rings. The zero-order valence-electron chi connectivity index (χ0n) is 8.53. The summed E-state index contributed by atoms with van der Waals surface area (Å²) < 4.78 is 0. The standard InChI is InChI=1S/C11H10ClNO3/c1-2-4-9(14)13-10-7(11(15)16)5-3-6-8(10)12/h2-6H,1H3,(H,13,14)(H,15,16)/b4-2+. The number of carbonyl (C=O) groups is 2. The molecule has 16 heavy (non-hydrogen) atoms. The topological polar surface area (TPSA) is 66.4 Å². The van der Waals surface area contributed by atoms with Crippen molar-refractivity contribution < 1.29 is 14.7 Å². The van der Waals surface area contributed by atoms with Crippen molar-refractivity contribution >= 4 is 29.2 Å². The quantitative estimate of drug-likeness (QED) is 0.797. The molecule has 4 nitrogen and oxygen atoms in total. The zero-order valence-corrected chi connectivity index (χ0v) is 9.28. The van der Waals surface area contributed by atoms with Crippen molar-refractivity contribution in [2.75, 3.05) is 5.32 Å². The number of para-hydroxylation sites is 1. The molecule has 2 N–H and O–H groups in total. The lowest BCUT2D eigenvalue weighted by Gasteiger charge is -2.08. The van der Waals surface area contributed by atoms with Crippen LogP contribution in [0.25, 0.3) is 0 Å². The first-order valence-corrected chi connectivity index (χ1v) is 4.89. The number of carboxylic acid groups (broad SMARTS) is 1. The number of aromatic carboxylic acids is 1. The highest BCUT2D eigenvalue weighted by Gasteiger charge is 2.14. The van der Waals surface area contributed by atoms with Gasteiger partial charge in [0.25, 0.3) is 0 Å². The molecule has 0 radical (unpaired) electrons. The number of halogens is 1. The molecular formula is C11H10ClNO3. The van der Waals surface area contributed by atoms with E-state index in [2.05, 4.69) is 5.32 Å². The summed E-state index contributed by atoms with van der Waals surface area (Å²) in [6, 6.07) is 4.40. The number of carboxylic acids is 1. The van der Waals surface area contributed by atoms with Gasteiger partial charge in [-0.3, -0.25) is 4.79 Å². The lowest BCUT2D eigenvalue weighted by Crippen LogP contribution is -2.12. The molecule has 0 bridgehead atoms. The predicted octanol–water partition coefficient (Wildman–Crippen LogP) is 2.55. The first-order valence-electron chi connectivity index (χ1n) is 4.51. The Morgan fingerprint density at radius 1 is 1.44 bits per heavy atom. The number of hydrogen-bond donors (Lipinski definition) is 2. The van der Waals surface area contributed by atoms with E-state index in [-0.39, 0.29) is 16.3 Å². The molecule has 84 valence electrons. The molecule has 1 rings (SSSR count). The Morgan fingerprint density at radius 3 is 2.69 bits per heavy atom. The van der Waals surface area contributed by atoms with Crippen molar-refractivity contribution in [3.05, 3.63) is 40.9 Å². The highest BCUT2D eigenvalue weighted by Crippen LogP contribution is 2.25. The van der Waals surface area contributed by atoms with Crippen molar-refractivity contribution in [1.82, 2.24) is 0 Å². The number of benzene rings is 1. The maximum Gasteiger partial charge on any atom is 0.337 e. The number of allylic oxidation sites excluding steroid dienone is 1. The number of rotatable bonds is 3. The third-order valence-electron chi connectivity index (χ3n) is 1.81. The molecule has 1 amide bonds. The van der Waals surface area contributed by atoms with Crippen LogP contribution in [0.5, 0.6) is 0 Å². The van der Waals surface area contributed by atoms with Crippen molar-refractivity contribution in [1.29, 1.82) is 0 Å². The number of nitrogens with one attached hydrogen (secondary N) is 1. The van der Waals surface area contributed by atoms with Crippen LogP contribution in [0.2, 0.25) is 5.02 Å². The van der Waals surface area contributed by atoms with Gasteiger partial charge in [0.2, 0.25) is 5.91 Å². The zero-order chi connectivity index (χ0) is 12.1. The minimum Gasteiger partial charge on any atom is -0.478 e. The Labute approximate surface area is 97.5 Å². The first-order chi connectivity index (χ1) is 7.56. The van der Waals surface area contributed by atoms with E-state index in [1.165, 1.54) is 24.3 Å². The Kier molecular flexibility index (Phi) is 4.08. The van der Waals surface area contributed by atoms with E-state index in [1.807, 2.05) is 0 Å². The molecule has 0 spiro atoms. The van der Waals surface area contributed by atoms with Gasteiger partial charge in [-0.05, 0) is 25.1 Å². The lowest BCUT2D eigenvalue weighted by molar-refractivity contribution is -0.111. The van der Waals surface area contributed by atoms with Gasteiger partial charge >= 0.3 is 5.97 Å². The number of carbonyl (C=O) groups excluding carboxylic acids is 1. The highest BCUT2D eigenvalue weighted by atomic mass is 35.5. The van der Waals surface area contributed by atoms with Gasteiger partial charge in [-0.1, -0.05) is 23.7 Å². The Balaban J connectivity index is 3.11. The lowest BCUT2D eigenvalue weighted by atomic mass is 10.2. The molecule has 0 aliphatic carbocycles. The van der Waals surface area contributed by atoms with Gasteiger partial charge < -0.3 is 10.4 Å². The summed E-state index contributed by atoms with van der Waals surface area (Å²) in [5.74, 6) is -1.56. The van der Waals surface area contributed by atoms with Crippen LogP contribution in [0.4, 0.5) is 5.69 Å². The molecule has 0 aliphatic heterocycles. The van der Waals surface area contributed by atoms with Crippen LogP contribution in [-0.4, -0.2) is 17.0 Å². The van der Waals surface area contributed by atoms with Crippen LogP contribution in [0.15, 0.2) is 30.4 Å². The summed E-state index contributed by atoms with van der Waals surface area (Å²) in [7, 11) is 0. The van der Waals surface area contributed by atoms with E-state index in [0.717, 1.165) is 0 Å². The fourth-order valence-corrected chi connectivity index (χ4v) is 1.37. The van der Waals surface area contributed by atoms with Gasteiger partial charge in [0.1, 0.15) is 0 Å². The first kappa shape index (κ1) is 12.3. The monoisotopic (exact) mass is 239 g/mol. The molecule has 0 heterocycles. The van der Waals surface area contributed by atoms with Crippen LogP contribution in [0.3, 0.4) is 0 Å². The average molecular weight is 240 g/mol. The van der Waals surface area contributed by atoms with Gasteiger partial charge in [-0.25, -0.2) is 4.79 Å². The molecule has 1 aromatic carbocycles. The van der Waals surface area contributed by atoms with Crippen molar-refractivity contribution in [2.24, 2.45) is 0 Å². The third kappa shape index (κ3) is 2.84. The van der Waals surface area contributed by atoms with E-state index in [9.17, 15) is 9.59 Å². The van der Waals surface area contributed by atoms with Gasteiger partial charge in [0.05, 0.1) is 16.3 Å². The number of anilines is 1. The summed E-state index contributed by atoms with van der Waals surface area (Å²) in [5.41, 5.74) is 0.0742. The van der Waals surface area contributed by atoms with Gasteiger partial charge in [-0.2, -0.15) is 0 Å². The van der Waals surface area contributed by atoms with Crippen LogP contribution in [-0.2, 0) is 4.79 Å². The predicted molar refractivity (Wildman–Crippen MR) is 61.9 cm³/mol. The van der Waals surface area contributed by atoms with Gasteiger partial charge in [0, 0.05) is 0 Å². The van der Waals surface area contributed by atoms with Crippen LogP contribution in [0.1, 0.15) is 17.3 Å². The second kappa shape index (κ2) is 5.32. The molecule has 1 aromatic rings. The smallest absolute Gasteiger partial charge is 0.337 e. The summed E-state index contributed by atoms with van der Waals surface area (Å²) in [6.45, 7) is 1.68. The van der Waals surface area contributed by atoms with Gasteiger partial charge in [-0.15, -0.1) is 0 Å². The molecular weight excluding hydrogens is 230 g/mol. The largest absolute Gasteiger partial charge is 0.478 e. The number of hydrogen-bond acceptors (Lipinski definition) is 2. The maximum absolute atomic E-state index is 11.3. The fourth-order valence-electron chi connectivity index (χ4n) is 1.15. The van der Waals surface area contributed by atoms with Crippen molar-refractivity contribution in [3.63, 3.8) is 0 Å². The second-order valence-electron chi connectivity index (χ2n) is 2.96. The van der Waals surface area contributed by atoms with Crippen LogP contribution >= 0.6 is 11.6 Å². The minimum atomic E-state index is -1.14. The third-order valence-corrected chi connectivity index (χ3v) is 2.13. The molecule has 0 aromatic heterocycles. The summed E-state index contributed by atoms with van der Waals surface area (Å²) in [4.78, 5) is 22.2. The molecule has 0 unspecified atom stereocenters. The summed E-state index contributed by atoms with van der Waals surface area (Å²) in [6.07, 6.45) is 2.83. The normalized spacial score (nSPS) is 10.4. The van der Waals surface area contributed by atoms with E-state index in [4.69, 9.17) is 16.7 Å². The van der Waals surface area contributed by atoms with Gasteiger partial charge in [0.15, 0.2) is 0 Å². The summed E-state index contributed by atoms with van der Waals surface area (Å²) in [5, 5.41) is 11.5. The molecule has 0 atom stereocenters. The fraction of sp³-hybridized carbons (Fsp3) is 0.0909. The van der Waals surface area contributed by atoms with Crippen molar-refractivity contribution in [3.8, 4) is 0 Å². The highest BCUT2D eigenvalue weighted by molar-refractivity contribution is 6.34. The van der Waals surface area contributed by atoms with Crippen molar-refractivity contribution in [2.45, 2.75) is 6.92 Å². The van der Waals surface area contributed by atoms with E-state index < -0.39 is 11.9 Å².